The van der Waals surface area contributed by atoms with E-state index in [0.717, 1.165) is 0 Å². The SMILES string of the molecule is [2H]C([2H])([2H])Nc1cccc(OC)c1. The molecule has 0 unspecified atom stereocenters. The van der Waals surface area contributed by atoms with Crippen LogP contribution in [0.5, 0.6) is 5.75 Å². The highest BCUT2D eigenvalue weighted by atomic mass is 16.5. The highest BCUT2D eigenvalue weighted by Crippen LogP contribution is 2.15. The minimum Gasteiger partial charge on any atom is -0.497 e. The summed E-state index contributed by atoms with van der Waals surface area (Å²) in [4.78, 5) is 0. The molecule has 0 fully saturated rings. The maximum Gasteiger partial charge on any atom is 0.120 e. The highest BCUT2D eigenvalue weighted by molar-refractivity contribution is 5.47. The average Bonchev–Trinajstić information content (AvgIpc) is 2.01. The number of ether oxygens (including phenoxy) is 1. The molecular weight excluding hydrogens is 126 g/mol. The van der Waals surface area contributed by atoms with E-state index in [2.05, 4.69) is 5.32 Å². The maximum absolute atomic E-state index is 6.98. The van der Waals surface area contributed by atoms with E-state index in [1.807, 2.05) is 0 Å². The summed E-state index contributed by atoms with van der Waals surface area (Å²) in [6.45, 7) is -2.16. The Morgan fingerprint density at radius 1 is 1.60 bits per heavy atom. The first kappa shape index (κ1) is 3.86. The van der Waals surface area contributed by atoms with Crippen molar-refractivity contribution < 1.29 is 8.85 Å². The second-order valence-corrected chi connectivity index (χ2v) is 1.86. The molecule has 0 amide bonds. The van der Waals surface area contributed by atoms with Crippen LogP contribution in [0, 0.1) is 0 Å². The van der Waals surface area contributed by atoms with Crippen molar-refractivity contribution in [3.63, 3.8) is 0 Å². The zero-order valence-corrected chi connectivity index (χ0v) is 5.72. The molecule has 0 aromatic heterocycles. The van der Waals surface area contributed by atoms with E-state index >= 15 is 0 Å². The van der Waals surface area contributed by atoms with Gasteiger partial charge in [0.1, 0.15) is 5.75 Å². The van der Waals surface area contributed by atoms with Gasteiger partial charge in [0, 0.05) is 22.8 Å². The van der Waals surface area contributed by atoms with Crippen molar-refractivity contribution in [1.29, 1.82) is 0 Å². The lowest BCUT2D eigenvalue weighted by Crippen LogP contribution is -1.88. The first-order valence-corrected chi connectivity index (χ1v) is 2.93. The molecule has 0 aliphatic rings. The van der Waals surface area contributed by atoms with Crippen LogP contribution in [0.4, 0.5) is 5.69 Å². The molecule has 0 heterocycles. The summed E-state index contributed by atoms with van der Waals surface area (Å²) in [6.07, 6.45) is 0. The molecule has 0 atom stereocenters. The van der Waals surface area contributed by atoms with E-state index in [-0.39, 0.29) is 0 Å². The minimum absolute atomic E-state index is 0.527. The Morgan fingerprint density at radius 2 is 2.50 bits per heavy atom. The molecule has 2 nitrogen and oxygen atoms in total. The molecule has 0 spiro atoms. The van der Waals surface area contributed by atoms with E-state index in [1.165, 1.54) is 7.11 Å². The monoisotopic (exact) mass is 140 g/mol. The Balaban J connectivity index is 2.78. The van der Waals surface area contributed by atoms with Crippen LogP contribution in [0.15, 0.2) is 24.3 Å². The molecule has 1 rings (SSSR count). The molecule has 2 heteroatoms. The minimum atomic E-state index is -2.16. The van der Waals surface area contributed by atoms with E-state index in [4.69, 9.17) is 8.85 Å². The third-order valence-electron chi connectivity index (χ3n) is 1.21. The van der Waals surface area contributed by atoms with Gasteiger partial charge in [0.15, 0.2) is 0 Å². The van der Waals surface area contributed by atoms with Gasteiger partial charge in [-0.25, -0.2) is 0 Å². The summed E-state index contributed by atoms with van der Waals surface area (Å²) in [5, 5.41) is 2.38. The van der Waals surface area contributed by atoms with Crippen LogP contribution in [-0.4, -0.2) is 14.1 Å². The van der Waals surface area contributed by atoms with Crippen LogP contribution in [-0.2, 0) is 0 Å². The van der Waals surface area contributed by atoms with Crippen molar-refractivity contribution in [2.45, 2.75) is 0 Å². The number of rotatable bonds is 2. The van der Waals surface area contributed by atoms with Gasteiger partial charge in [-0.15, -0.1) is 0 Å². The number of hydrogen-bond acceptors (Lipinski definition) is 2. The zero-order valence-electron chi connectivity index (χ0n) is 8.72. The van der Waals surface area contributed by atoms with Gasteiger partial charge in [0.2, 0.25) is 0 Å². The molecular formula is C8H11NO. The van der Waals surface area contributed by atoms with E-state index < -0.39 is 6.98 Å². The molecule has 0 aliphatic heterocycles. The van der Waals surface area contributed by atoms with Gasteiger partial charge < -0.3 is 10.1 Å². The number of anilines is 1. The van der Waals surface area contributed by atoms with Crippen LogP contribution in [0.1, 0.15) is 4.11 Å². The summed E-state index contributed by atoms with van der Waals surface area (Å²) in [6, 6.07) is 6.79. The summed E-state index contributed by atoms with van der Waals surface area (Å²) < 4.78 is 25.9. The molecule has 54 valence electrons. The molecule has 0 aliphatic carbocycles. The molecule has 0 bridgehead atoms. The lowest BCUT2D eigenvalue weighted by atomic mass is 10.3. The smallest absolute Gasteiger partial charge is 0.120 e. The predicted octanol–water partition coefficient (Wildman–Crippen LogP) is 1.74. The van der Waals surface area contributed by atoms with E-state index in [9.17, 15) is 0 Å². The largest absolute Gasteiger partial charge is 0.497 e. The summed E-state index contributed by atoms with van der Waals surface area (Å²) in [5.74, 6) is 0.634. The maximum atomic E-state index is 6.98. The van der Waals surface area contributed by atoms with Gasteiger partial charge in [0.25, 0.3) is 0 Å². The lowest BCUT2D eigenvalue weighted by molar-refractivity contribution is 0.415. The van der Waals surface area contributed by atoms with Gasteiger partial charge >= 0.3 is 0 Å². The fourth-order valence-electron chi connectivity index (χ4n) is 0.701. The van der Waals surface area contributed by atoms with Crippen molar-refractivity contribution in [3.8, 4) is 5.75 Å². The molecule has 0 saturated carbocycles. The van der Waals surface area contributed by atoms with Gasteiger partial charge in [0.05, 0.1) is 7.11 Å². The van der Waals surface area contributed by atoms with Crippen LogP contribution in [0.3, 0.4) is 0 Å². The Hall–Kier alpha value is -1.18. The quantitative estimate of drug-likeness (QED) is 0.675. The Bertz CT molecular complexity index is 285. The Labute approximate surface area is 65.0 Å². The van der Waals surface area contributed by atoms with Crippen molar-refractivity contribution in [2.24, 2.45) is 0 Å². The fraction of sp³-hybridized carbons (Fsp3) is 0.250. The topological polar surface area (TPSA) is 21.3 Å². The predicted molar refractivity (Wildman–Crippen MR) is 42.5 cm³/mol. The number of benzene rings is 1. The molecule has 1 N–H and O–H groups in total. The van der Waals surface area contributed by atoms with Gasteiger partial charge in [-0.05, 0) is 12.1 Å². The second kappa shape index (κ2) is 3.11. The molecule has 0 saturated heterocycles. The van der Waals surface area contributed by atoms with Gasteiger partial charge in [-0.3, -0.25) is 0 Å². The summed E-state index contributed by atoms with van der Waals surface area (Å²) >= 11 is 0. The van der Waals surface area contributed by atoms with Crippen LogP contribution in [0.2, 0.25) is 0 Å². The first-order chi connectivity index (χ1) is 6.01. The van der Waals surface area contributed by atoms with E-state index in [0.29, 0.717) is 11.4 Å². The van der Waals surface area contributed by atoms with E-state index in [1.54, 1.807) is 24.3 Å². The van der Waals surface area contributed by atoms with Crippen LogP contribution in [0.25, 0.3) is 0 Å². The Kier molecular flexibility index (Phi) is 1.20. The zero-order chi connectivity index (χ0) is 9.90. The molecule has 0 radical (unpaired) electrons. The van der Waals surface area contributed by atoms with Crippen molar-refractivity contribution in [3.05, 3.63) is 24.3 Å². The highest BCUT2D eigenvalue weighted by Gasteiger charge is 1.89. The van der Waals surface area contributed by atoms with Crippen molar-refractivity contribution >= 4 is 5.69 Å². The molecule has 10 heavy (non-hydrogen) atoms. The van der Waals surface area contributed by atoms with Crippen LogP contribution >= 0.6 is 0 Å². The summed E-state index contributed by atoms with van der Waals surface area (Å²) in [5.41, 5.74) is 0.527. The van der Waals surface area contributed by atoms with Crippen molar-refractivity contribution in [1.82, 2.24) is 0 Å². The molecule has 1 aromatic carbocycles. The van der Waals surface area contributed by atoms with Gasteiger partial charge in [-0.2, -0.15) is 0 Å². The lowest BCUT2D eigenvalue weighted by Gasteiger charge is -2.01. The first-order valence-electron chi connectivity index (χ1n) is 4.43. The number of nitrogens with one attached hydrogen (secondary N) is 1. The second-order valence-electron chi connectivity index (χ2n) is 1.86. The Morgan fingerprint density at radius 3 is 3.20 bits per heavy atom. The number of methoxy groups -OCH3 is 1. The standard InChI is InChI=1S/C8H11NO/c1-9-7-4-3-5-8(6-7)10-2/h3-6,9H,1-2H3/i1D3. The summed E-state index contributed by atoms with van der Waals surface area (Å²) in [7, 11) is 1.54. The third-order valence-corrected chi connectivity index (χ3v) is 1.21. The average molecular weight is 140 g/mol. The van der Waals surface area contributed by atoms with Gasteiger partial charge in [-0.1, -0.05) is 6.07 Å². The third kappa shape index (κ3) is 1.41. The van der Waals surface area contributed by atoms with Crippen LogP contribution < -0.4 is 10.1 Å². The fourth-order valence-corrected chi connectivity index (χ4v) is 0.701. The normalized spacial score (nSPS) is 14.7. The molecule has 1 aromatic rings. The van der Waals surface area contributed by atoms with Crippen molar-refractivity contribution in [2.75, 3.05) is 19.4 Å². The number of hydrogen-bond donors (Lipinski definition) is 1.